The highest BCUT2D eigenvalue weighted by molar-refractivity contribution is 5.72. The van der Waals surface area contributed by atoms with Crippen molar-refractivity contribution in [2.24, 2.45) is 0 Å². The highest BCUT2D eigenvalue weighted by Crippen LogP contribution is 2.37. The van der Waals surface area contributed by atoms with Gasteiger partial charge in [0.1, 0.15) is 11.5 Å². The van der Waals surface area contributed by atoms with E-state index < -0.39 is 0 Å². The standard InChI is InChI=1S/C14H20O3/c1-6-12(16)17-11-8-7-10(15)13(9(11)2)14(3,4)5/h7-8,15H,6H2,1-5H3. The molecule has 0 aromatic heterocycles. The minimum absolute atomic E-state index is 0.192. The molecule has 1 aromatic carbocycles. The van der Waals surface area contributed by atoms with Gasteiger partial charge in [0.25, 0.3) is 0 Å². The number of hydrogen-bond donors (Lipinski definition) is 1. The Labute approximate surface area is 102 Å². The summed E-state index contributed by atoms with van der Waals surface area (Å²) in [5.41, 5.74) is 1.45. The van der Waals surface area contributed by atoms with Crippen molar-refractivity contribution in [3.8, 4) is 11.5 Å². The zero-order valence-corrected chi connectivity index (χ0v) is 11.1. The molecule has 3 nitrogen and oxygen atoms in total. The first-order valence-electron chi connectivity index (χ1n) is 5.81. The van der Waals surface area contributed by atoms with E-state index in [0.717, 1.165) is 11.1 Å². The Morgan fingerprint density at radius 2 is 1.94 bits per heavy atom. The fourth-order valence-corrected chi connectivity index (χ4v) is 1.93. The summed E-state index contributed by atoms with van der Waals surface area (Å²) < 4.78 is 5.24. The molecule has 0 unspecified atom stereocenters. The highest BCUT2D eigenvalue weighted by atomic mass is 16.5. The number of carbonyl (C=O) groups is 1. The number of phenols is 1. The third kappa shape index (κ3) is 2.99. The van der Waals surface area contributed by atoms with Crippen LogP contribution in [0.25, 0.3) is 0 Å². The maximum atomic E-state index is 11.3. The molecule has 0 heterocycles. The van der Waals surface area contributed by atoms with Crippen molar-refractivity contribution in [3.05, 3.63) is 23.3 Å². The van der Waals surface area contributed by atoms with Gasteiger partial charge in [-0.15, -0.1) is 0 Å². The Bertz CT molecular complexity index is 428. The van der Waals surface area contributed by atoms with Crippen LogP contribution in [-0.2, 0) is 10.2 Å². The fraction of sp³-hybridized carbons (Fsp3) is 0.500. The lowest BCUT2D eigenvalue weighted by Crippen LogP contribution is -2.15. The van der Waals surface area contributed by atoms with Gasteiger partial charge in [0, 0.05) is 12.0 Å². The van der Waals surface area contributed by atoms with Crippen molar-refractivity contribution in [2.45, 2.75) is 46.5 Å². The van der Waals surface area contributed by atoms with Gasteiger partial charge in [0.15, 0.2) is 0 Å². The summed E-state index contributed by atoms with van der Waals surface area (Å²) in [4.78, 5) is 11.3. The average molecular weight is 236 g/mol. The van der Waals surface area contributed by atoms with Crippen molar-refractivity contribution >= 4 is 5.97 Å². The van der Waals surface area contributed by atoms with Crippen molar-refractivity contribution in [1.82, 2.24) is 0 Å². The van der Waals surface area contributed by atoms with E-state index in [1.54, 1.807) is 19.1 Å². The van der Waals surface area contributed by atoms with Crippen LogP contribution in [0.4, 0.5) is 0 Å². The number of aromatic hydroxyl groups is 1. The zero-order chi connectivity index (χ0) is 13.2. The number of phenolic OH excluding ortho intramolecular Hbond substituents is 1. The van der Waals surface area contributed by atoms with Crippen LogP contribution in [-0.4, -0.2) is 11.1 Å². The van der Waals surface area contributed by atoms with Crippen LogP contribution in [0, 0.1) is 6.92 Å². The number of benzene rings is 1. The summed E-state index contributed by atoms with van der Waals surface area (Å²) in [7, 11) is 0. The summed E-state index contributed by atoms with van der Waals surface area (Å²) in [6.07, 6.45) is 0.338. The Hall–Kier alpha value is -1.51. The Morgan fingerprint density at radius 1 is 1.35 bits per heavy atom. The Morgan fingerprint density at radius 3 is 2.41 bits per heavy atom. The van der Waals surface area contributed by atoms with Crippen molar-refractivity contribution in [1.29, 1.82) is 0 Å². The molecule has 0 spiro atoms. The molecule has 0 radical (unpaired) electrons. The second-order valence-corrected chi connectivity index (χ2v) is 5.16. The molecule has 0 atom stereocenters. The first-order valence-corrected chi connectivity index (χ1v) is 5.81. The van der Waals surface area contributed by atoms with Gasteiger partial charge in [-0.25, -0.2) is 0 Å². The minimum Gasteiger partial charge on any atom is -0.508 e. The molecule has 0 saturated heterocycles. The Balaban J connectivity index is 3.24. The number of hydrogen-bond acceptors (Lipinski definition) is 3. The van der Waals surface area contributed by atoms with Gasteiger partial charge in [-0.2, -0.15) is 0 Å². The first-order chi connectivity index (χ1) is 7.77. The topological polar surface area (TPSA) is 46.5 Å². The van der Waals surface area contributed by atoms with E-state index in [2.05, 4.69) is 0 Å². The monoisotopic (exact) mass is 236 g/mol. The summed E-state index contributed by atoms with van der Waals surface area (Å²) in [5.74, 6) is 0.504. The quantitative estimate of drug-likeness (QED) is 0.633. The van der Waals surface area contributed by atoms with Crippen LogP contribution in [0.5, 0.6) is 11.5 Å². The van der Waals surface area contributed by atoms with Crippen LogP contribution in [0.1, 0.15) is 45.2 Å². The molecule has 0 amide bonds. The predicted octanol–water partition coefficient (Wildman–Crippen LogP) is 3.31. The van der Waals surface area contributed by atoms with E-state index >= 15 is 0 Å². The molecule has 0 bridgehead atoms. The molecule has 0 aliphatic carbocycles. The van der Waals surface area contributed by atoms with Crippen LogP contribution in [0.3, 0.4) is 0 Å². The number of carbonyl (C=O) groups excluding carboxylic acids is 1. The van der Waals surface area contributed by atoms with E-state index in [1.165, 1.54) is 0 Å². The molecule has 0 saturated carbocycles. The first kappa shape index (κ1) is 13.6. The lowest BCUT2D eigenvalue weighted by atomic mass is 9.83. The normalized spacial score (nSPS) is 11.4. The summed E-state index contributed by atoms with van der Waals surface area (Å²) in [6, 6.07) is 3.21. The molecule has 1 aromatic rings. The van der Waals surface area contributed by atoms with E-state index in [9.17, 15) is 9.90 Å². The van der Waals surface area contributed by atoms with Crippen LogP contribution >= 0.6 is 0 Å². The van der Waals surface area contributed by atoms with Gasteiger partial charge in [0.05, 0.1) is 0 Å². The van der Waals surface area contributed by atoms with Gasteiger partial charge >= 0.3 is 5.97 Å². The fourth-order valence-electron chi connectivity index (χ4n) is 1.93. The maximum Gasteiger partial charge on any atom is 0.310 e. The second kappa shape index (κ2) is 4.78. The number of rotatable bonds is 2. The van der Waals surface area contributed by atoms with Crippen molar-refractivity contribution in [3.63, 3.8) is 0 Å². The number of ether oxygens (including phenoxy) is 1. The van der Waals surface area contributed by atoms with Crippen LogP contribution < -0.4 is 4.74 Å². The van der Waals surface area contributed by atoms with Gasteiger partial charge in [-0.05, 0) is 30.0 Å². The van der Waals surface area contributed by atoms with E-state index in [-0.39, 0.29) is 17.1 Å². The minimum atomic E-state index is -0.265. The second-order valence-electron chi connectivity index (χ2n) is 5.16. The zero-order valence-electron chi connectivity index (χ0n) is 11.1. The van der Waals surface area contributed by atoms with E-state index in [0.29, 0.717) is 12.2 Å². The van der Waals surface area contributed by atoms with Gasteiger partial charge in [0.2, 0.25) is 0 Å². The molecular formula is C14H20O3. The average Bonchev–Trinajstić information content (AvgIpc) is 2.20. The third-order valence-electron chi connectivity index (χ3n) is 2.66. The maximum absolute atomic E-state index is 11.3. The van der Waals surface area contributed by atoms with Crippen molar-refractivity contribution in [2.75, 3.05) is 0 Å². The van der Waals surface area contributed by atoms with Gasteiger partial charge in [-0.1, -0.05) is 27.7 Å². The molecule has 0 aliphatic heterocycles. The number of esters is 1. The van der Waals surface area contributed by atoms with Gasteiger partial charge < -0.3 is 9.84 Å². The molecule has 17 heavy (non-hydrogen) atoms. The molecular weight excluding hydrogens is 216 g/mol. The summed E-state index contributed by atoms with van der Waals surface area (Å²) in [5, 5.41) is 9.90. The SMILES string of the molecule is CCC(=O)Oc1ccc(O)c(C(C)(C)C)c1C. The van der Waals surface area contributed by atoms with Crippen LogP contribution in [0.15, 0.2) is 12.1 Å². The molecule has 0 aliphatic rings. The summed E-state index contributed by atoms with van der Waals surface area (Å²) >= 11 is 0. The third-order valence-corrected chi connectivity index (χ3v) is 2.66. The predicted molar refractivity (Wildman–Crippen MR) is 67.5 cm³/mol. The summed E-state index contributed by atoms with van der Waals surface area (Å²) in [6.45, 7) is 9.66. The lowest BCUT2D eigenvalue weighted by Gasteiger charge is -2.24. The van der Waals surface area contributed by atoms with E-state index in [4.69, 9.17) is 4.74 Å². The van der Waals surface area contributed by atoms with Gasteiger partial charge in [-0.3, -0.25) is 4.79 Å². The van der Waals surface area contributed by atoms with Crippen LogP contribution in [0.2, 0.25) is 0 Å². The smallest absolute Gasteiger partial charge is 0.310 e. The van der Waals surface area contributed by atoms with E-state index in [1.807, 2.05) is 27.7 Å². The Kier molecular flexibility index (Phi) is 3.81. The molecule has 94 valence electrons. The largest absolute Gasteiger partial charge is 0.508 e. The molecule has 1 rings (SSSR count). The lowest BCUT2D eigenvalue weighted by molar-refractivity contribution is -0.134. The molecule has 0 fully saturated rings. The molecule has 1 N–H and O–H groups in total. The van der Waals surface area contributed by atoms with Crippen molar-refractivity contribution < 1.29 is 14.6 Å². The highest BCUT2D eigenvalue weighted by Gasteiger charge is 2.23. The molecule has 3 heteroatoms.